The van der Waals surface area contributed by atoms with Crippen LogP contribution < -0.4 is 4.78 Å². The summed E-state index contributed by atoms with van der Waals surface area (Å²) in [5, 5.41) is 10.1. The molecule has 1 radical (unpaired) electrons. The Bertz CT molecular complexity index is 195. The first-order chi connectivity index (χ1) is 4.29. The van der Waals surface area contributed by atoms with Gasteiger partial charge in [-0.15, -0.1) is 0 Å². The Hall–Kier alpha value is -0.765. The first-order valence-electron chi connectivity index (χ1n) is 2.40. The summed E-state index contributed by atoms with van der Waals surface area (Å²) in [6.07, 6.45) is 0. The van der Waals surface area contributed by atoms with E-state index in [0.29, 0.717) is 0 Å². The van der Waals surface area contributed by atoms with Crippen molar-refractivity contribution in [3.8, 4) is 0 Å². The number of hydrogen-bond acceptors (Lipinski definition) is 2. The van der Waals surface area contributed by atoms with Gasteiger partial charge in [-0.1, -0.05) is 12.1 Å². The summed E-state index contributed by atoms with van der Waals surface area (Å²) in [5.74, 6) is -0.891. The molecule has 0 aliphatic carbocycles. The van der Waals surface area contributed by atoms with Crippen molar-refractivity contribution in [3.05, 3.63) is 17.5 Å². The lowest BCUT2D eigenvalue weighted by molar-refractivity contribution is 0.220. The Morgan fingerprint density at radius 3 is 3.00 bits per heavy atom. The van der Waals surface area contributed by atoms with Crippen LogP contribution in [0.3, 0.4) is 0 Å². The fraction of sp³-hybridized carbons (Fsp3) is 0. The van der Waals surface area contributed by atoms with E-state index >= 15 is 0 Å². The van der Waals surface area contributed by atoms with Crippen LogP contribution in [-0.2, 0) is 0 Å². The zero-order valence-electron chi connectivity index (χ0n) is 4.57. The van der Waals surface area contributed by atoms with Crippen molar-refractivity contribution in [1.29, 1.82) is 0 Å². The second-order valence-corrected chi connectivity index (χ2v) is 2.48. The minimum Gasteiger partial charge on any atom is -0.489 e. The largest absolute Gasteiger partial charge is 0.489 e. The highest BCUT2D eigenvalue weighted by molar-refractivity contribution is 7.22. The van der Waals surface area contributed by atoms with Crippen LogP contribution in [0.5, 0.6) is 0 Å². The lowest BCUT2D eigenvalue weighted by Crippen LogP contribution is -2.17. The van der Waals surface area contributed by atoms with E-state index in [1.165, 1.54) is 18.6 Å². The highest BCUT2D eigenvalue weighted by atomic mass is 32.1. The van der Waals surface area contributed by atoms with Gasteiger partial charge in [0.1, 0.15) is 0 Å². The van der Waals surface area contributed by atoms with Gasteiger partial charge in [0.05, 0.1) is 0 Å². The number of carbonyl (C=O) groups is 1. The molecule has 0 aliphatic rings. The molecule has 1 aromatic rings. The molecule has 0 spiro atoms. The molecule has 1 rings (SSSR count). The molecular weight excluding hydrogens is 135 g/mol. The molecule has 1 aromatic heterocycles. The summed E-state index contributed by atoms with van der Waals surface area (Å²) < 4.78 is 0.780. The van der Waals surface area contributed by atoms with Gasteiger partial charge < -0.3 is 5.11 Å². The van der Waals surface area contributed by atoms with Gasteiger partial charge in [-0.2, -0.15) is 11.3 Å². The lowest BCUT2D eigenvalue weighted by atomic mass is 9.77. The first kappa shape index (κ1) is 6.36. The molecule has 2 nitrogen and oxygen atoms in total. The minimum atomic E-state index is -0.891. The number of hydrogen-bond donors (Lipinski definition) is 1. The van der Waals surface area contributed by atoms with Crippen LogP contribution in [0.15, 0.2) is 17.5 Å². The zero-order chi connectivity index (χ0) is 6.69. The fourth-order valence-corrected chi connectivity index (χ4v) is 1.14. The van der Waals surface area contributed by atoms with Gasteiger partial charge in [-0.05, 0) is 10.2 Å². The Labute approximate surface area is 57.4 Å². The average molecular weight is 139 g/mol. The Balaban J connectivity index is 2.58. The molecule has 0 amide bonds. The molecule has 4 heteroatoms. The molecule has 0 saturated carbocycles. The van der Waals surface area contributed by atoms with E-state index in [9.17, 15) is 4.79 Å². The molecule has 1 heterocycles. The third-order valence-electron chi connectivity index (χ3n) is 0.809. The normalized spacial score (nSPS) is 8.89. The van der Waals surface area contributed by atoms with Gasteiger partial charge in [-0.25, -0.2) is 0 Å². The predicted octanol–water partition coefficient (Wildman–Crippen LogP) is 0.756. The third-order valence-corrected chi connectivity index (χ3v) is 1.63. The number of thiophene rings is 1. The summed E-state index contributed by atoms with van der Waals surface area (Å²) in [5.41, 5.74) is 0. The maximum Gasteiger partial charge on any atom is 0.312 e. The van der Waals surface area contributed by atoms with E-state index in [0.717, 1.165) is 4.78 Å². The Kier molecular flexibility index (Phi) is 1.90. The SMILES string of the molecule is O=C(O)[B]c1cccs1. The van der Waals surface area contributed by atoms with Gasteiger partial charge in [-0.3, -0.25) is 4.79 Å². The molecule has 45 valence electrons. The smallest absolute Gasteiger partial charge is 0.312 e. The summed E-state index contributed by atoms with van der Waals surface area (Å²) in [7, 11) is 1.19. The van der Waals surface area contributed by atoms with Crippen LogP contribution in [0.4, 0.5) is 4.79 Å². The fourth-order valence-electron chi connectivity index (χ4n) is 0.495. The molecule has 0 saturated heterocycles. The summed E-state index contributed by atoms with van der Waals surface area (Å²) in [6.45, 7) is 0. The van der Waals surface area contributed by atoms with Crippen molar-refractivity contribution in [2.24, 2.45) is 0 Å². The summed E-state index contributed by atoms with van der Waals surface area (Å²) >= 11 is 1.41. The first-order valence-corrected chi connectivity index (χ1v) is 3.28. The second-order valence-electron chi connectivity index (χ2n) is 1.50. The molecule has 0 aromatic carbocycles. The molecule has 0 unspecified atom stereocenters. The van der Waals surface area contributed by atoms with Gasteiger partial charge in [0.2, 0.25) is 5.87 Å². The second kappa shape index (κ2) is 2.68. The molecule has 9 heavy (non-hydrogen) atoms. The standard InChI is InChI=1S/C5H4BO2S/c7-5(8)6-4-2-1-3-9-4/h1-3H,(H,7,8). The Morgan fingerprint density at radius 2 is 2.56 bits per heavy atom. The van der Waals surface area contributed by atoms with Crippen LogP contribution >= 0.6 is 11.3 Å². The zero-order valence-corrected chi connectivity index (χ0v) is 5.39. The van der Waals surface area contributed by atoms with E-state index in [2.05, 4.69) is 0 Å². The van der Waals surface area contributed by atoms with E-state index < -0.39 is 5.87 Å². The number of carboxylic acid groups (broad SMARTS) is 1. The molecule has 0 aliphatic heterocycles. The van der Waals surface area contributed by atoms with Crippen molar-refractivity contribution < 1.29 is 9.90 Å². The van der Waals surface area contributed by atoms with E-state index in [1.54, 1.807) is 6.07 Å². The van der Waals surface area contributed by atoms with Gasteiger partial charge in [0, 0.05) is 0 Å². The van der Waals surface area contributed by atoms with Crippen molar-refractivity contribution in [2.75, 3.05) is 0 Å². The highest BCUT2D eigenvalue weighted by Crippen LogP contribution is 1.90. The molecular formula is C5H4BO2S. The van der Waals surface area contributed by atoms with E-state index in [1.807, 2.05) is 11.4 Å². The molecule has 0 bridgehead atoms. The summed E-state index contributed by atoms with van der Waals surface area (Å²) in [4.78, 5) is 10.0. The van der Waals surface area contributed by atoms with Crippen molar-refractivity contribution in [2.45, 2.75) is 0 Å². The summed E-state index contributed by atoms with van der Waals surface area (Å²) in [6, 6.07) is 3.58. The minimum absolute atomic E-state index is 0.780. The third kappa shape index (κ3) is 1.89. The highest BCUT2D eigenvalue weighted by Gasteiger charge is 2.02. The van der Waals surface area contributed by atoms with Crippen molar-refractivity contribution in [3.63, 3.8) is 0 Å². The maximum atomic E-state index is 10.0. The topological polar surface area (TPSA) is 37.3 Å². The van der Waals surface area contributed by atoms with Crippen LogP contribution in [0.2, 0.25) is 0 Å². The predicted molar refractivity (Wildman–Crippen MR) is 37.7 cm³/mol. The van der Waals surface area contributed by atoms with Gasteiger partial charge in [0.25, 0.3) is 0 Å². The van der Waals surface area contributed by atoms with Crippen molar-refractivity contribution >= 4 is 29.3 Å². The molecule has 0 atom stereocenters. The van der Waals surface area contributed by atoms with E-state index in [-0.39, 0.29) is 0 Å². The van der Waals surface area contributed by atoms with Crippen molar-refractivity contribution in [1.82, 2.24) is 0 Å². The van der Waals surface area contributed by atoms with Crippen LogP contribution in [0, 0.1) is 0 Å². The van der Waals surface area contributed by atoms with Crippen LogP contribution in [-0.4, -0.2) is 18.3 Å². The van der Waals surface area contributed by atoms with Gasteiger partial charge in [0.15, 0.2) is 0 Å². The van der Waals surface area contributed by atoms with Crippen LogP contribution in [0.1, 0.15) is 0 Å². The Morgan fingerprint density at radius 1 is 1.78 bits per heavy atom. The molecule has 0 fully saturated rings. The lowest BCUT2D eigenvalue weighted by Gasteiger charge is -1.82. The molecule has 1 N–H and O–H groups in total. The average Bonchev–Trinajstić information content (AvgIpc) is 2.15. The van der Waals surface area contributed by atoms with Gasteiger partial charge >= 0.3 is 7.28 Å². The quantitative estimate of drug-likeness (QED) is 0.614. The van der Waals surface area contributed by atoms with E-state index in [4.69, 9.17) is 5.11 Å². The number of rotatable bonds is 2. The van der Waals surface area contributed by atoms with Crippen LogP contribution in [0.25, 0.3) is 0 Å². The maximum absolute atomic E-state index is 10.0. The monoisotopic (exact) mass is 139 g/mol.